The Morgan fingerprint density at radius 1 is 1.10 bits per heavy atom. The summed E-state index contributed by atoms with van der Waals surface area (Å²) in [5.74, 6) is 0.329. The van der Waals surface area contributed by atoms with Gasteiger partial charge in [-0.1, -0.05) is 29.8 Å². The Morgan fingerprint density at radius 3 is 2.85 bits per heavy atom. The van der Waals surface area contributed by atoms with E-state index in [9.17, 15) is 13.8 Å². The van der Waals surface area contributed by atoms with E-state index in [1.54, 1.807) is 19.4 Å². The number of methoxy groups -OCH3 is 1. The van der Waals surface area contributed by atoms with Gasteiger partial charge in [0.15, 0.2) is 0 Å². The molecule has 2 aliphatic carbocycles. The molecule has 1 N–H and O–H groups in total. The van der Waals surface area contributed by atoms with E-state index in [4.69, 9.17) is 25.8 Å². The standard InChI is InChI=1S/C45H57ClN6O6S/c1-49-24-34(22-36(49)26-50-16-17-51-18-19-57-28-37(51)27-50)44(54)48-59(55)20-5-3-4-8-41(56-2)38-12-9-33(38)25-52-29-45(15-6-7-31-21-35(46)11-13-39(31)45)30-58-42-14-10-32(23-40(42)52)43(53)47-59/h4,8,10-11,13-14,21-24,33,37-38,41H,3,5-7,9,12,15-20,25-30H2,1-2H3,(H,47,48,53,54,55)/b8-4+/t33-,37-,38+,41-,45-,59-/m0/s1. The largest absolute Gasteiger partial charge is 0.490 e. The number of ether oxygens (including phenoxy) is 3. The van der Waals surface area contributed by atoms with Gasteiger partial charge in [-0.05, 0) is 104 Å². The zero-order valence-electron chi connectivity index (χ0n) is 34.3. The molecule has 316 valence electrons. The number of hydrogen-bond donors (Lipinski definition) is 1. The first kappa shape index (κ1) is 40.7. The van der Waals surface area contributed by atoms with E-state index < -0.39 is 21.7 Å². The van der Waals surface area contributed by atoms with Crippen molar-refractivity contribution in [2.75, 3.05) is 76.9 Å². The van der Waals surface area contributed by atoms with E-state index in [0.29, 0.717) is 60.7 Å². The average Bonchev–Trinajstić information content (AvgIpc) is 3.51. The Hall–Kier alpha value is -3.72. The molecule has 1 spiro atoms. The van der Waals surface area contributed by atoms with Gasteiger partial charge in [0.1, 0.15) is 15.7 Å². The zero-order chi connectivity index (χ0) is 40.7. The number of rotatable bonds is 5. The third kappa shape index (κ3) is 8.48. The second kappa shape index (κ2) is 17.0. The SMILES string of the molecule is CO[C@H]1/C=C/CCC[S@@](=O)(NC(=O)c2cc(CN3CCN4CCOC[C@@H]4C3)n(C)c2)=NC(=O)c2ccc3c(c2)N(C[C@@H]2CC[C@H]21)C[C@@]1(CCCc2cc(Cl)ccc21)CO3. The fourth-order valence-electron chi connectivity index (χ4n) is 10.4. The molecular weight excluding hydrogens is 788 g/mol. The van der Waals surface area contributed by atoms with E-state index in [0.717, 1.165) is 101 Å². The molecule has 0 unspecified atom stereocenters. The number of aryl methyl sites for hydroxylation is 2. The lowest BCUT2D eigenvalue weighted by Gasteiger charge is -2.46. The summed E-state index contributed by atoms with van der Waals surface area (Å²) in [6.07, 6.45) is 12.2. The number of anilines is 1. The highest BCUT2D eigenvalue weighted by molar-refractivity contribution is 7.92. The van der Waals surface area contributed by atoms with Crippen LogP contribution >= 0.6 is 11.6 Å². The van der Waals surface area contributed by atoms with Crippen molar-refractivity contribution >= 4 is 39.0 Å². The van der Waals surface area contributed by atoms with Crippen LogP contribution in [0.4, 0.5) is 5.69 Å². The second-order valence-corrected chi connectivity index (χ2v) is 20.1. The van der Waals surface area contributed by atoms with Gasteiger partial charge < -0.3 is 23.7 Å². The molecule has 14 heteroatoms. The van der Waals surface area contributed by atoms with Crippen LogP contribution in [-0.4, -0.2) is 114 Å². The van der Waals surface area contributed by atoms with Crippen LogP contribution in [0.5, 0.6) is 5.75 Å². The lowest BCUT2D eigenvalue weighted by Crippen LogP contribution is -2.57. The van der Waals surface area contributed by atoms with Crippen LogP contribution in [0.25, 0.3) is 0 Å². The molecule has 1 saturated carbocycles. The minimum absolute atomic E-state index is 0.0259. The van der Waals surface area contributed by atoms with E-state index >= 15 is 0 Å². The van der Waals surface area contributed by atoms with Crippen molar-refractivity contribution in [2.24, 2.45) is 23.2 Å². The molecule has 5 heterocycles. The van der Waals surface area contributed by atoms with Crippen molar-refractivity contribution in [3.05, 3.63) is 93.8 Å². The highest BCUT2D eigenvalue weighted by Crippen LogP contribution is 2.47. The third-order valence-electron chi connectivity index (χ3n) is 13.8. The van der Waals surface area contributed by atoms with Crippen molar-refractivity contribution in [1.29, 1.82) is 0 Å². The molecule has 59 heavy (non-hydrogen) atoms. The number of hydrogen-bond acceptors (Lipinski definition) is 9. The molecule has 6 atom stereocenters. The highest BCUT2D eigenvalue weighted by atomic mass is 35.5. The Balaban J connectivity index is 1.01. The smallest absolute Gasteiger partial charge is 0.286 e. The minimum atomic E-state index is -3.52. The van der Waals surface area contributed by atoms with Crippen molar-refractivity contribution in [2.45, 2.75) is 69.1 Å². The second-order valence-electron chi connectivity index (χ2n) is 17.6. The van der Waals surface area contributed by atoms with Gasteiger partial charge in [0.05, 0.1) is 42.9 Å². The first-order chi connectivity index (χ1) is 28.6. The van der Waals surface area contributed by atoms with E-state index in [1.165, 1.54) is 11.1 Å². The molecule has 12 nitrogen and oxygen atoms in total. The first-order valence-electron chi connectivity index (χ1n) is 21.4. The van der Waals surface area contributed by atoms with Gasteiger partial charge in [-0.15, -0.1) is 4.36 Å². The molecule has 9 rings (SSSR count). The third-order valence-corrected chi connectivity index (χ3v) is 15.8. The molecule has 2 saturated heterocycles. The Morgan fingerprint density at radius 2 is 2.00 bits per heavy atom. The number of benzene rings is 2. The van der Waals surface area contributed by atoms with Crippen LogP contribution in [0.1, 0.15) is 76.1 Å². The number of fused-ring (bicyclic) bond motifs is 5. The van der Waals surface area contributed by atoms with Crippen LogP contribution in [0.15, 0.2) is 65.2 Å². The number of carbonyl (C=O) groups excluding carboxylic acids is 2. The number of morpholine rings is 1. The first-order valence-corrected chi connectivity index (χ1v) is 23.5. The fourth-order valence-corrected chi connectivity index (χ4v) is 12.2. The number of aromatic nitrogens is 1. The molecule has 2 amide bonds. The van der Waals surface area contributed by atoms with Gasteiger partial charge in [0.25, 0.3) is 11.8 Å². The molecule has 0 radical (unpaired) electrons. The van der Waals surface area contributed by atoms with Crippen LogP contribution in [-0.2, 0) is 44.8 Å². The monoisotopic (exact) mass is 844 g/mol. The van der Waals surface area contributed by atoms with Gasteiger partial charge in [0, 0.05) is 93.9 Å². The van der Waals surface area contributed by atoms with Crippen LogP contribution < -0.4 is 14.4 Å². The summed E-state index contributed by atoms with van der Waals surface area (Å²) in [4.78, 5) is 35.4. The van der Waals surface area contributed by atoms with Gasteiger partial charge in [-0.3, -0.25) is 24.1 Å². The Bertz CT molecular complexity index is 2240. The predicted molar refractivity (Wildman–Crippen MR) is 230 cm³/mol. The summed E-state index contributed by atoms with van der Waals surface area (Å²) in [6, 6.07) is 13.9. The fraction of sp³-hybridized carbons (Fsp3) is 0.556. The summed E-state index contributed by atoms with van der Waals surface area (Å²) >= 11 is 6.49. The highest BCUT2D eigenvalue weighted by Gasteiger charge is 2.44. The maximum Gasteiger partial charge on any atom is 0.286 e. The summed E-state index contributed by atoms with van der Waals surface area (Å²) in [5, 5.41) is 0.743. The molecule has 4 aliphatic heterocycles. The number of piperazine rings is 1. The molecular formula is C45H57ClN6O6S. The van der Waals surface area contributed by atoms with E-state index in [2.05, 4.69) is 48.1 Å². The quantitative estimate of drug-likeness (QED) is 0.308. The predicted octanol–water partition coefficient (Wildman–Crippen LogP) is 6.01. The molecule has 3 fully saturated rings. The number of allylic oxidation sites excluding steroid dienone is 1. The summed E-state index contributed by atoms with van der Waals surface area (Å²) in [7, 11) is 0.179. The normalized spacial score (nSPS) is 30.8. The van der Waals surface area contributed by atoms with Gasteiger partial charge >= 0.3 is 0 Å². The van der Waals surface area contributed by atoms with Gasteiger partial charge in [-0.2, -0.15) is 0 Å². The minimum Gasteiger partial charge on any atom is -0.490 e. The number of halogens is 1. The van der Waals surface area contributed by atoms with E-state index in [-0.39, 0.29) is 17.3 Å². The van der Waals surface area contributed by atoms with Crippen molar-refractivity contribution in [3.63, 3.8) is 0 Å². The summed E-state index contributed by atoms with van der Waals surface area (Å²) < 4.78 is 42.3. The average molecular weight is 846 g/mol. The molecule has 2 bridgehead atoms. The number of nitrogens with zero attached hydrogens (tertiary/aromatic N) is 5. The van der Waals surface area contributed by atoms with Crippen molar-refractivity contribution in [3.8, 4) is 5.75 Å². The lowest BCUT2D eigenvalue weighted by atomic mass is 9.68. The number of nitrogens with one attached hydrogen (secondary N) is 1. The summed E-state index contributed by atoms with van der Waals surface area (Å²) in [6.45, 7) is 8.02. The Kier molecular flexibility index (Phi) is 11.7. The Labute approximate surface area is 353 Å². The van der Waals surface area contributed by atoms with E-state index in [1.807, 2.05) is 35.9 Å². The number of carbonyl (C=O) groups is 2. The van der Waals surface area contributed by atoms with Gasteiger partial charge in [0.2, 0.25) is 0 Å². The van der Waals surface area contributed by atoms with Crippen LogP contribution in [0.2, 0.25) is 5.02 Å². The van der Waals surface area contributed by atoms with Gasteiger partial charge in [-0.25, -0.2) is 4.21 Å². The lowest BCUT2D eigenvalue weighted by molar-refractivity contribution is -0.0464. The van der Waals surface area contributed by atoms with Crippen LogP contribution in [0.3, 0.4) is 0 Å². The topological polar surface area (TPSA) is 118 Å². The molecule has 6 aliphatic rings. The molecule has 2 aromatic carbocycles. The maximum atomic E-state index is 14.7. The maximum absolute atomic E-state index is 14.7. The van der Waals surface area contributed by atoms with Crippen LogP contribution in [0, 0.1) is 11.8 Å². The summed E-state index contributed by atoms with van der Waals surface area (Å²) in [5.41, 5.74) is 4.79. The van der Waals surface area contributed by atoms with Crippen molar-refractivity contribution < 1.29 is 28.0 Å². The zero-order valence-corrected chi connectivity index (χ0v) is 35.9. The molecule has 1 aromatic heterocycles. The van der Waals surface area contributed by atoms with Crippen molar-refractivity contribution in [1.82, 2.24) is 19.1 Å². The molecule has 3 aromatic rings. The number of amides is 2.